The molecule has 2 nitrogen and oxygen atoms in total. The van der Waals surface area contributed by atoms with Crippen LogP contribution in [0.15, 0.2) is 83.0 Å². The quantitative estimate of drug-likeness (QED) is 0.769. The van der Waals surface area contributed by atoms with Crippen molar-refractivity contribution in [3.05, 3.63) is 83.9 Å². The molecule has 0 saturated carbocycles. The van der Waals surface area contributed by atoms with Crippen LogP contribution >= 0.6 is 0 Å². The van der Waals surface area contributed by atoms with Gasteiger partial charge >= 0.3 is 0 Å². The molecule has 0 unspecified atom stereocenters. The van der Waals surface area contributed by atoms with E-state index in [4.69, 9.17) is 0 Å². The van der Waals surface area contributed by atoms with Gasteiger partial charge in [0.15, 0.2) is 0 Å². The Labute approximate surface area is 112 Å². The van der Waals surface area contributed by atoms with Crippen molar-refractivity contribution in [1.29, 1.82) is 0 Å². The third-order valence-corrected chi connectivity index (χ3v) is 3.04. The van der Waals surface area contributed by atoms with Crippen LogP contribution in [0.25, 0.3) is 0 Å². The van der Waals surface area contributed by atoms with Crippen LogP contribution in [-0.4, -0.2) is 11.4 Å². The summed E-state index contributed by atoms with van der Waals surface area (Å²) in [5, 5.41) is 8.76. The molecule has 2 aromatic carbocycles. The maximum absolute atomic E-state index is 4.39. The molecule has 2 heteroatoms. The van der Waals surface area contributed by atoms with E-state index >= 15 is 0 Å². The van der Waals surface area contributed by atoms with Crippen molar-refractivity contribution in [3.8, 4) is 0 Å². The number of hydrogen-bond donors (Lipinski definition) is 0. The van der Waals surface area contributed by atoms with E-state index in [-0.39, 0.29) is 0 Å². The molecular weight excluding hydrogens is 232 g/mol. The molecule has 1 aliphatic rings. The molecular formula is C17H14N2. The molecule has 0 fully saturated rings. The first-order valence-electron chi connectivity index (χ1n) is 6.35. The summed E-state index contributed by atoms with van der Waals surface area (Å²) < 4.78 is 0. The van der Waals surface area contributed by atoms with Crippen molar-refractivity contribution < 1.29 is 0 Å². The Bertz CT molecular complexity index is 637. The number of benzene rings is 2. The standard InChI is InChI=1S/C17H14N2/c1-3-8-14(9-4-1)16-12-7-13-17(19-18-16)15-10-5-2-6-11-15/h1-12H,13H2. The summed E-state index contributed by atoms with van der Waals surface area (Å²) in [6.07, 6.45) is 4.96. The van der Waals surface area contributed by atoms with Crippen molar-refractivity contribution in [3.63, 3.8) is 0 Å². The highest BCUT2D eigenvalue weighted by Crippen LogP contribution is 2.11. The first kappa shape index (κ1) is 11.6. The fourth-order valence-corrected chi connectivity index (χ4v) is 2.04. The molecule has 0 bridgehead atoms. The lowest BCUT2D eigenvalue weighted by Crippen LogP contribution is -1.97. The van der Waals surface area contributed by atoms with Gasteiger partial charge in [0.05, 0.1) is 11.4 Å². The summed E-state index contributed by atoms with van der Waals surface area (Å²) in [5.41, 5.74) is 4.14. The number of nitrogens with zero attached hydrogens (tertiary/aromatic N) is 2. The van der Waals surface area contributed by atoms with Gasteiger partial charge in [0.25, 0.3) is 0 Å². The zero-order valence-corrected chi connectivity index (χ0v) is 10.5. The van der Waals surface area contributed by atoms with Gasteiger partial charge in [-0.15, -0.1) is 0 Å². The minimum atomic E-state index is 0.809. The van der Waals surface area contributed by atoms with Crippen molar-refractivity contribution in [2.75, 3.05) is 0 Å². The lowest BCUT2D eigenvalue weighted by atomic mass is 10.1. The number of allylic oxidation sites excluding steroid dienone is 2. The van der Waals surface area contributed by atoms with Crippen LogP contribution in [-0.2, 0) is 0 Å². The first-order valence-corrected chi connectivity index (χ1v) is 6.35. The molecule has 1 heterocycles. The van der Waals surface area contributed by atoms with Crippen LogP contribution in [0.1, 0.15) is 17.5 Å². The second-order valence-electron chi connectivity index (χ2n) is 4.37. The van der Waals surface area contributed by atoms with Crippen LogP contribution < -0.4 is 0 Å². The topological polar surface area (TPSA) is 24.7 Å². The summed E-state index contributed by atoms with van der Waals surface area (Å²) >= 11 is 0. The smallest absolute Gasteiger partial charge is 0.0926 e. The van der Waals surface area contributed by atoms with E-state index in [2.05, 4.69) is 28.4 Å². The van der Waals surface area contributed by atoms with Gasteiger partial charge in [-0.3, -0.25) is 0 Å². The zero-order chi connectivity index (χ0) is 12.9. The maximum Gasteiger partial charge on any atom is 0.0926 e. The zero-order valence-electron chi connectivity index (χ0n) is 10.5. The molecule has 0 radical (unpaired) electrons. The summed E-state index contributed by atoms with van der Waals surface area (Å²) in [6.45, 7) is 0. The van der Waals surface area contributed by atoms with Gasteiger partial charge < -0.3 is 0 Å². The van der Waals surface area contributed by atoms with Crippen molar-refractivity contribution in [2.45, 2.75) is 6.42 Å². The Morgan fingerprint density at radius 3 is 2.00 bits per heavy atom. The third-order valence-electron chi connectivity index (χ3n) is 3.04. The minimum Gasteiger partial charge on any atom is -0.154 e. The fourth-order valence-electron chi connectivity index (χ4n) is 2.04. The average molecular weight is 246 g/mol. The van der Waals surface area contributed by atoms with Crippen LogP contribution in [0.4, 0.5) is 0 Å². The predicted octanol–water partition coefficient (Wildman–Crippen LogP) is 3.84. The first-order chi connectivity index (χ1) is 9.43. The predicted molar refractivity (Wildman–Crippen MR) is 79.7 cm³/mol. The van der Waals surface area contributed by atoms with E-state index < -0.39 is 0 Å². The number of rotatable bonds is 2. The van der Waals surface area contributed by atoms with Gasteiger partial charge in [-0.2, -0.15) is 10.2 Å². The molecule has 0 amide bonds. The van der Waals surface area contributed by atoms with E-state index in [1.807, 2.05) is 54.6 Å². The normalized spacial score (nSPS) is 14.5. The third kappa shape index (κ3) is 2.68. The van der Waals surface area contributed by atoms with Crippen LogP contribution in [0.3, 0.4) is 0 Å². The molecule has 0 saturated heterocycles. The van der Waals surface area contributed by atoms with E-state index in [0.29, 0.717) is 0 Å². The van der Waals surface area contributed by atoms with Crippen molar-refractivity contribution in [1.82, 2.24) is 0 Å². The summed E-state index contributed by atoms with van der Waals surface area (Å²) in [6, 6.07) is 20.3. The summed E-state index contributed by atoms with van der Waals surface area (Å²) in [5.74, 6) is 0. The largest absolute Gasteiger partial charge is 0.154 e. The molecule has 0 N–H and O–H groups in total. The highest BCUT2D eigenvalue weighted by molar-refractivity contribution is 6.11. The van der Waals surface area contributed by atoms with Crippen molar-refractivity contribution >= 4 is 11.4 Å². The molecule has 0 spiro atoms. The molecule has 0 atom stereocenters. The summed E-state index contributed by atoms with van der Waals surface area (Å²) in [4.78, 5) is 0. The van der Waals surface area contributed by atoms with E-state index in [9.17, 15) is 0 Å². The van der Waals surface area contributed by atoms with Crippen LogP contribution in [0.2, 0.25) is 0 Å². The minimum absolute atomic E-state index is 0.809. The van der Waals surface area contributed by atoms with Crippen molar-refractivity contribution in [2.24, 2.45) is 10.2 Å². The number of hydrogen-bond acceptors (Lipinski definition) is 2. The van der Waals surface area contributed by atoms with Crippen LogP contribution in [0, 0.1) is 0 Å². The lowest BCUT2D eigenvalue weighted by Gasteiger charge is -2.00. The van der Waals surface area contributed by atoms with Gasteiger partial charge in [0.1, 0.15) is 0 Å². The molecule has 92 valence electrons. The Hall–Kier alpha value is -2.48. The average Bonchev–Trinajstić information content (AvgIpc) is 2.75. The van der Waals surface area contributed by atoms with Gasteiger partial charge in [0, 0.05) is 12.0 Å². The summed E-state index contributed by atoms with van der Waals surface area (Å²) in [7, 11) is 0. The Balaban J connectivity index is 1.95. The Morgan fingerprint density at radius 2 is 1.32 bits per heavy atom. The van der Waals surface area contributed by atoms with Gasteiger partial charge in [0.2, 0.25) is 0 Å². The van der Waals surface area contributed by atoms with E-state index in [1.165, 1.54) is 0 Å². The second kappa shape index (κ2) is 5.44. The monoisotopic (exact) mass is 246 g/mol. The molecule has 2 aromatic rings. The van der Waals surface area contributed by atoms with Gasteiger partial charge in [-0.05, 0) is 11.6 Å². The molecule has 3 rings (SSSR count). The molecule has 19 heavy (non-hydrogen) atoms. The lowest BCUT2D eigenvalue weighted by molar-refractivity contribution is 1.22. The van der Waals surface area contributed by atoms with E-state index in [0.717, 1.165) is 29.0 Å². The molecule has 0 aromatic heterocycles. The Kier molecular flexibility index (Phi) is 3.32. The van der Waals surface area contributed by atoms with Crippen LogP contribution in [0.5, 0.6) is 0 Å². The molecule has 1 aliphatic heterocycles. The maximum atomic E-state index is 4.39. The Morgan fingerprint density at radius 1 is 0.684 bits per heavy atom. The highest BCUT2D eigenvalue weighted by Gasteiger charge is 2.06. The molecule has 0 aliphatic carbocycles. The SMILES string of the molecule is C1=CC(c2ccccc2)=NN=C(c2ccccc2)C1. The van der Waals surface area contributed by atoms with Gasteiger partial charge in [-0.25, -0.2) is 0 Å². The van der Waals surface area contributed by atoms with E-state index in [1.54, 1.807) is 0 Å². The van der Waals surface area contributed by atoms with Gasteiger partial charge in [-0.1, -0.05) is 66.7 Å². The fraction of sp³-hybridized carbons (Fsp3) is 0.0588. The second-order valence-corrected chi connectivity index (χ2v) is 4.37. The highest BCUT2D eigenvalue weighted by atomic mass is 15.2.